The Bertz CT molecular complexity index is 437. The van der Waals surface area contributed by atoms with Crippen molar-refractivity contribution in [1.82, 2.24) is 15.1 Å². The molecule has 3 rings (SSSR count). The zero-order valence-electron chi connectivity index (χ0n) is 11.1. The van der Waals surface area contributed by atoms with E-state index in [1.165, 1.54) is 0 Å². The lowest BCUT2D eigenvalue weighted by atomic mass is 9.89. The predicted octanol–water partition coefficient (Wildman–Crippen LogP) is 0.470. The summed E-state index contributed by atoms with van der Waals surface area (Å²) in [5, 5.41) is 2.35. The zero-order valence-corrected chi connectivity index (χ0v) is 11.1. The molecular formula is C13H19N3O3. The Morgan fingerprint density at radius 3 is 2.42 bits per heavy atom. The Balaban J connectivity index is 1.84. The summed E-state index contributed by atoms with van der Waals surface area (Å²) in [5.41, 5.74) is 0. The number of nitrogens with one attached hydrogen (secondary N) is 1. The van der Waals surface area contributed by atoms with Crippen LogP contribution in [-0.2, 0) is 9.59 Å². The summed E-state index contributed by atoms with van der Waals surface area (Å²) in [6.45, 7) is 0. The fraction of sp³-hybridized carbons (Fsp3) is 0.769. The van der Waals surface area contributed by atoms with Gasteiger partial charge in [0.2, 0.25) is 11.8 Å². The largest absolute Gasteiger partial charge is 0.323 e. The van der Waals surface area contributed by atoms with Crippen molar-refractivity contribution in [2.24, 2.45) is 0 Å². The molecule has 3 unspecified atom stereocenters. The third-order valence-corrected chi connectivity index (χ3v) is 4.62. The van der Waals surface area contributed by atoms with Crippen molar-refractivity contribution in [2.45, 2.75) is 56.7 Å². The molecule has 2 saturated heterocycles. The normalized spacial score (nSPS) is 35.4. The fourth-order valence-electron chi connectivity index (χ4n) is 3.65. The lowest BCUT2D eigenvalue weighted by Crippen LogP contribution is -2.56. The molecule has 0 aromatic carbocycles. The van der Waals surface area contributed by atoms with Gasteiger partial charge in [0, 0.05) is 13.5 Å². The van der Waals surface area contributed by atoms with Crippen LogP contribution in [0.2, 0.25) is 0 Å². The number of nitrogens with zero attached hydrogens (tertiary/aromatic N) is 2. The molecule has 0 spiro atoms. The lowest BCUT2D eigenvalue weighted by Gasteiger charge is -2.36. The molecule has 2 aliphatic heterocycles. The van der Waals surface area contributed by atoms with Crippen molar-refractivity contribution in [3.63, 3.8) is 0 Å². The third kappa shape index (κ3) is 1.89. The van der Waals surface area contributed by atoms with E-state index in [0.29, 0.717) is 12.8 Å². The SMILES string of the molecule is CN1C(=O)N(C2CCC(=O)NC2=O)C2CCCCC21. The topological polar surface area (TPSA) is 69.7 Å². The second-order valence-corrected chi connectivity index (χ2v) is 5.69. The molecule has 0 aromatic heterocycles. The van der Waals surface area contributed by atoms with E-state index < -0.39 is 6.04 Å². The van der Waals surface area contributed by atoms with Gasteiger partial charge in [0.15, 0.2) is 0 Å². The number of piperidine rings is 1. The van der Waals surface area contributed by atoms with E-state index in [-0.39, 0.29) is 29.9 Å². The van der Waals surface area contributed by atoms with Crippen molar-refractivity contribution in [3.8, 4) is 0 Å². The molecule has 1 N–H and O–H groups in total. The molecule has 0 aromatic rings. The number of carbonyl (C=O) groups excluding carboxylic acids is 3. The number of rotatable bonds is 1. The third-order valence-electron chi connectivity index (χ3n) is 4.62. The van der Waals surface area contributed by atoms with Crippen LogP contribution in [0.4, 0.5) is 4.79 Å². The highest BCUT2D eigenvalue weighted by Gasteiger charge is 2.49. The number of urea groups is 1. The first-order chi connectivity index (χ1) is 9.09. The van der Waals surface area contributed by atoms with Crippen LogP contribution >= 0.6 is 0 Å². The maximum Gasteiger partial charge on any atom is 0.321 e. The van der Waals surface area contributed by atoms with Gasteiger partial charge in [0.1, 0.15) is 6.04 Å². The molecule has 3 fully saturated rings. The fourth-order valence-corrected chi connectivity index (χ4v) is 3.65. The van der Waals surface area contributed by atoms with Crippen LogP contribution in [-0.4, -0.2) is 52.8 Å². The van der Waals surface area contributed by atoms with Gasteiger partial charge >= 0.3 is 6.03 Å². The second-order valence-electron chi connectivity index (χ2n) is 5.69. The first-order valence-electron chi connectivity index (χ1n) is 6.98. The minimum absolute atomic E-state index is 0.0635. The number of hydrogen-bond donors (Lipinski definition) is 1. The molecular weight excluding hydrogens is 246 g/mol. The summed E-state index contributed by atoms with van der Waals surface area (Å²) < 4.78 is 0. The van der Waals surface area contributed by atoms with Crippen molar-refractivity contribution in [3.05, 3.63) is 0 Å². The van der Waals surface area contributed by atoms with Gasteiger partial charge in [-0.25, -0.2) is 4.79 Å². The van der Waals surface area contributed by atoms with Crippen LogP contribution in [0.5, 0.6) is 0 Å². The van der Waals surface area contributed by atoms with Crippen molar-refractivity contribution >= 4 is 17.8 Å². The quantitative estimate of drug-likeness (QED) is 0.701. The molecule has 6 nitrogen and oxygen atoms in total. The Labute approximate surface area is 112 Å². The maximum atomic E-state index is 12.4. The Kier molecular flexibility index (Phi) is 2.95. The summed E-state index contributed by atoms with van der Waals surface area (Å²) in [4.78, 5) is 39.1. The number of fused-ring (bicyclic) bond motifs is 1. The van der Waals surface area contributed by atoms with Gasteiger partial charge in [-0.3, -0.25) is 14.9 Å². The van der Waals surface area contributed by atoms with Crippen LogP contribution < -0.4 is 5.32 Å². The summed E-state index contributed by atoms with van der Waals surface area (Å²) >= 11 is 0. The number of imide groups is 1. The van der Waals surface area contributed by atoms with E-state index in [9.17, 15) is 14.4 Å². The highest BCUT2D eigenvalue weighted by atomic mass is 16.2. The molecule has 104 valence electrons. The lowest BCUT2D eigenvalue weighted by molar-refractivity contribution is -0.137. The van der Waals surface area contributed by atoms with Gasteiger partial charge < -0.3 is 9.80 Å². The highest BCUT2D eigenvalue weighted by Crippen LogP contribution is 2.35. The Hall–Kier alpha value is -1.59. The number of hydrogen-bond acceptors (Lipinski definition) is 3. The van der Waals surface area contributed by atoms with E-state index in [4.69, 9.17) is 0 Å². The minimum Gasteiger partial charge on any atom is -0.323 e. The Morgan fingerprint density at radius 1 is 1.05 bits per heavy atom. The maximum absolute atomic E-state index is 12.4. The van der Waals surface area contributed by atoms with Crippen LogP contribution in [0.25, 0.3) is 0 Å². The molecule has 4 amide bonds. The number of carbonyl (C=O) groups is 3. The molecule has 1 aliphatic carbocycles. The van der Waals surface area contributed by atoms with E-state index >= 15 is 0 Å². The van der Waals surface area contributed by atoms with Crippen LogP contribution in [0, 0.1) is 0 Å². The first kappa shape index (κ1) is 12.4. The van der Waals surface area contributed by atoms with Crippen LogP contribution in [0.1, 0.15) is 38.5 Å². The van der Waals surface area contributed by atoms with Gasteiger partial charge in [0.05, 0.1) is 12.1 Å². The molecule has 3 atom stereocenters. The van der Waals surface area contributed by atoms with E-state index in [1.54, 1.807) is 9.80 Å². The van der Waals surface area contributed by atoms with Gasteiger partial charge in [-0.2, -0.15) is 0 Å². The highest BCUT2D eigenvalue weighted by molar-refractivity contribution is 6.01. The molecule has 6 heteroatoms. The summed E-state index contributed by atoms with van der Waals surface area (Å²) in [6.07, 6.45) is 4.98. The molecule has 0 radical (unpaired) electrons. The van der Waals surface area contributed by atoms with Crippen LogP contribution in [0.3, 0.4) is 0 Å². The molecule has 1 saturated carbocycles. The summed E-state index contributed by atoms with van der Waals surface area (Å²) in [6, 6.07) is -0.172. The van der Waals surface area contributed by atoms with E-state index in [2.05, 4.69) is 5.32 Å². The molecule has 3 aliphatic rings. The average Bonchev–Trinajstić information content (AvgIpc) is 2.64. The smallest absolute Gasteiger partial charge is 0.321 e. The molecule has 0 bridgehead atoms. The van der Waals surface area contributed by atoms with E-state index in [0.717, 1.165) is 25.7 Å². The van der Waals surface area contributed by atoms with Gasteiger partial charge in [-0.15, -0.1) is 0 Å². The second kappa shape index (κ2) is 4.51. The average molecular weight is 265 g/mol. The van der Waals surface area contributed by atoms with E-state index in [1.807, 2.05) is 7.05 Å². The number of amides is 4. The van der Waals surface area contributed by atoms with Gasteiger partial charge in [0.25, 0.3) is 0 Å². The van der Waals surface area contributed by atoms with Crippen LogP contribution in [0.15, 0.2) is 0 Å². The minimum atomic E-state index is -0.472. The standard InChI is InChI=1S/C13H19N3O3/c1-15-8-4-2-3-5-9(8)16(13(15)19)10-6-7-11(17)14-12(10)18/h8-10H,2-7H2,1H3,(H,14,17,18). The summed E-state index contributed by atoms with van der Waals surface area (Å²) in [5.74, 6) is -0.550. The Morgan fingerprint density at radius 2 is 1.74 bits per heavy atom. The van der Waals surface area contributed by atoms with Crippen molar-refractivity contribution < 1.29 is 14.4 Å². The monoisotopic (exact) mass is 265 g/mol. The van der Waals surface area contributed by atoms with Crippen molar-refractivity contribution in [1.29, 1.82) is 0 Å². The number of likely N-dealkylation sites (N-methyl/N-ethyl adjacent to an activating group) is 1. The van der Waals surface area contributed by atoms with Crippen molar-refractivity contribution in [2.75, 3.05) is 7.05 Å². The zero-order chi connectivity index (χ0) is 13.6. The predicted molar refractivity (Wildman–Crippen MR) is 67.2 cm³/mol. The first-order valence-corrected chi connectivity index (χ1v) is 6.98. The molecule has 2 heterocycles. The molecule has 19 heavy (non-hydrogen) atoms. The van der Waals surface area contributed by atoms with Gasteiger partial charge in [-0.05, 0) is 19.3 Å². The summed E-state index contributed by atoms with van der Waals surface area (Å²) in [7, 11) is 1.82. The van der Waals surface area contributed by atoms with Gasteiger partial charge in [-0.1, -0.05) is 12.8 Å².